The summed E-state index contributed by atoms with van der Waals surface area (Å²) in [5, 5.41) is 13.7. The molecule has 3 N–H and O–H groups in total. The Balaban J connectivity index is 1.41. The number of nitrogens with one attached hydrogen (secondary N) is 3. The van der Waals surface area contributed by atoms with Crippen molar-refractivity contribution in [2.75, 3.05) is 25.1 Å². The highest BCUT2D eigenvalue weighted by atomic mass is 16.5. The summed E-state index contributed by atoms with van der Waals surface area (Å²) in [7, 11) is 0. The average Bonchev–Trinajstić information content (AvgIpc) is 3.09. The van der Waals surface area contributed by atoms with Crippen molar-refractivity contribution in [1.82, 2.24) is 15.5 Å². The van der Waals surface area contributed by atoms with Crippen molar-refractivity contribution < 1.29 is 9.53 Å². The Kier molecular flexibility index (Phi) is 5.40. The first-order valence-corrected chi connectivity index (χ1v) is 10.3. The van der Waals surface area contributed by atoms with Crippen molar-refractivity contribution in [3.05, 3.63) is 35.5 Å². The molecule has 1 aromatic carbocycles. The number of anilines is 1. The van der Waals surface area contributed by atoms with E-state index < -0.39 is 0 Å². The minimum absolute atomic E-state index is 0.173. The van der Waals surface area contributed by atoms with Gasteiger partial charge in [-0.05, 0) is 55.6 Å². The van der Waals surface area contributed by atoms with Gasteiger partial charge >= 0.3 is 6.03 Å². The van der Waals surface area contributed by atoms with Crippen LogP contribution in [0.25, 0.3) is 11.3 Å². The Bertz CT molecular complexity index is 837. The van der Waals surface area contributed by atoms with Crippen LogP contribution in [0, 0.1) is 11.3 Å². The van der Waals surface area contributed by atoms with E-state index in [-0.39, 0.29) is 6.03 Å². The molecular formula is C22H30N4O2. The first-order chi connectivity index (χ1) is 13.5. The van der Waals surface area contributed by atoms with E-state index in [0.29, 0.717) is 17.9 Å². The number of hydrogen-bond acceptors (Lipinski definition) is 3. The molecular weight excluding hydrogens is 352 g/mol. The normalized spacial score (nSPS) is 21.0. The highest BCUT2D eigenvalue weighted by Crippen LogP contribution is 2.38. The predicted octanol–water partition coefficient (Wildman–Crippen LogP) is 4.14. The third-order valence-electron chi connectivity index (χ3n) is 5.86. The zero-order chi connectivity index (χ0) is 19.6. The monoisotopic (exact) mass is 382 g/mol. The number of benzene rings is 1. The van der Waals surface area contributed by atoms with Crippen molar-refractivity contribution in [3.8, 4) is 11.3 Å². The van der Waals surface area contributed by atoms with Crippen LogP contribution in [0.15, 0.2) is 24.3 Å². The number of aromatic amines is 1. The molecule has 1 atom stereocenters. The van der Waals surface area contributed by atoms with Crippen LogP contribution in [0.4, 0.5) is 10.5 Å². The van der Waals surface area contributed by atoms with Crippen LogP contribution in [-0.2, 0) is 17.6 Å². The summed E-state index contributed by atoms with van der Waals surface area (Å²) < 4.78 is 5.47. The molecule has 2 aliphatic rings. The second-order valence-corrected chi connectivity index (χ2v) is 8.87. The highest BCUT2D eigenvalue weighted by Gasteiger charge is 2.29. The van der Waals surface area contributed by atoms with Gasteiger partial charge < -0.3 is 15.4 Å². The second-order valence-electron chi connectivity index (χ2n) is 8.87. The molecule has 2 heterocycles. The second kappa shape index (κ2) is 7.95. The Labute approximate surface area is 166 Å². The lowest BCUT2D eigenvalue weighted by atomic mass is 9.76. The summed E-state index contributed by atoms with van der Waals surface area (Å²) in [4.78, 5) is 12.3. The first-order valence-electron chi connectivity index (χ1n) is 10.3. The van der Waals surface area contributed by atoms with Gasteiger partial charge in [0, 0.05) is 35.7 Å². The molecule has 1 unspecified atom stereocenters. The molecule has 6 heteroatoms. The smallest absolute Gasteiger partial charge is 0.319 e. The zero-order valence-electron chi connectivity index (χ0n) is 16.8. The Morgan fingerprint density at radius 1 is 1.39 bits per heavy atom. The fourth-order valence-electron chi connectivity index (χ4n) is 4.21. The quantitative estimate of drug-likeness (QED) is 0.743. The largest absolute Gasteiger partial charge is 0.381 e. The summed E-state index contributed by atoms with van der Waals surface area (Å²) >= 11 is 0. The number of H-pyrrole nitrogens is 1. The van der Waals surface area contributed by atoms with Gasteiger partial charge in [0.05, 0.1) is 12.3 Å². The number of rotatable bonds is 4. The summed E-state index contributed by atoms with van der Waals surface area (Å²) in [5.74, 6) is 0.408. The number of hydrogen-bond donors (Lipinski definition) is 3. The number of ether oxygens (including phenoxy) is 1. The van der Waals surface area contributed by atoms with E-state index in [1.54, 1.807) is 0 Å². The Morgan fingerprint density at radius 3 is 3.11 bits per heavy atom. The van der Waals surface area contributed by atoms with Gasteiger partial charge in [0.15, 0.2) is 0 Å². The molecule has 1 aliphatic heterocycles. The molecule has 0 spiro atoms. The van der Waals surface area contributed by atoms with Gasteiger partial charge in [-0.3, -0.25) is 5.10 Å². The van der Waals surface area contributed by atoms with Crippen LogP contribution in [-0.4, -0.2) is 36.0 Å². The standard InChI is InChI=1S/C22H30N4O2/c1-22(2)9-8-18-19(12-22)25-26-20(18)16-6-3-7-17(11-16)24-21(27)23-13-15-5-4-10-28-14-15/h3,6-7,11,15H,4-5,8-10,12-14H2,1-2H3,(H,25,26)(H2,23,24,27). The van der Waals surface area contributed by atoms with E-state index in [9.17, 15) is 4.79 Å². The van der Waals surface area contributed by atoms with Crippen molar-refractivity contribution in [2.45, 2.75) is 46.0 Å². The molecule has 28 heavy (non-hydrogen) atoms. The van der Waals surface area contributed by atoms with Gasteiger partial charge in [-0.2, -0.15) is 5.10 Å². The maximum Gasteiger partial charge on any atom is 0.319 e. The SMILES string of the molecule is CC1(C)CCc2c(-c3cccc(NC(=O)NCC4CCCOC4)c3)n[nH]c2C1. The molecule has 1 saturated heterocycles. The maximum absolute atomic E-state index is 12.3. The summed E-state index contributed by atoms with van der Waals surface area (Å²) in [6.07, 6.45) is 5.41. The molecule has 2 amide bonds. The first kappa shape index (κ1) is 19.0. The summed E-state index contributed by atoms with van der Waals surface area (Å²) in [5.41, 5.74) is 5.71. The third-order valence-corrected chi connectivity index (χ3v) is 5.86. The van der Waals surface area contributed by atoms with Gasteiger partial charge in [-0.25, -0.2) is 4.79 Å². The number of nitrogens with zero attached hydrogens (tertiary/aromatic N) is 1. The van der Waals surface area contributed by atoms with E-state index in [1.807, 2.05) is 18.2 Å². The van der Waals surface area contributed by atoms with Crippen molar-refractivity contribution >= 4 is 11.7 Å². The summed E-state index contributed by atoms with van der Waals surface area (Å²) in [6.45, 7) is 6.83. The lowest BCUT2D eigenvalue weighted by Gasteiger charge is -2.29. The summed E-state index contributed by atoms with van der Waals surface area (Å²) in [6, 6.07) is 7.76. The van der Waals surface area contributed by atoms with Crippen LogP contribution in [0.5, 0.6) is 0 Å². The number of amides is 2. The number of urea groups is 1. The van der Waals surface area contributed by atoms with Gasteiger partial charge in [-0.15, -0.1) is 0 Å². The van der Waals surface area contributed by atoms with Crippen molar-refractivity contribution in [2.24, 2.45) is 11.3 Å². The van der Waals surface area contributed by atoms with Gasteiger partial charge in [0.2, 0.25) is 0 Å². The fraction of sp³-hybridized carbons (Fsp3) is 0.545. The molecule has 0 radical (unpaired) electrons. The molecule has 2 aromatic rings. The molecule has 0 saturated carbocycles. The third kappa shape index (κ3) is 4.38. The molecule has 4 rings (SSSR count). The lowest BCUT2D eigenvalue weighted by Crippen LogP contribution is -2.35. The number of fused-ring (bicyclic) bond motifs is 1. The van der Waals surface area contributed by atoms with Crippen LogP contribution in [0.2, 0.25) is 0 Å². The lowest BCUT2D eigenvalue weighted by molar-refractivity contribution is 0.0559. The minimum atomic E-state index is -0.173. The average molecular weight is 383 g/mol. The maximum atomic E-state index is 12.3. The van der Waals surface area contributed by atoms with Crippen LogP contribution < -0.4 is 10.6 Å². The van der Waals surface area contributed by atoms with Gasteiger partial charge in [0.25, 0.3) is 0 Å². The van der Waals surface area contributed by atoms with Gasteiger partial charge in [0.1, 0.15) is 0 Å². The van der Waals surface area contributed by atoms with Gasteiger partial charge in [-0.1, -0.05) is 26.0 Å². The van der Waals surface area contributed by atoms with E-state index in [0.717, 1.165) is 62.3 Å². The molecule has 150 valence electrons. The van der Waals surface area contributed by atoms with Crippen molar-refractivity contribution in [1.29, 1.82) is 0 Å². The Hall–Kier alpha value is -2.34. The fourth-order valence-corrected chi connectivity index (χ4v) is 4.21. The number of aromatic nitrogens is 2. The van der Waals surface area contributed by atoms with Crippen LogP contribution in [0.1, 0.15) is 44.4 Å². The molecule has 1 aromatic heterocycles. The molecule has 0 bridgehead atoms. The van der Waals surface area contributed by atoms with E-state index >= 15 is 0 Å². The molecule has 1 aliphatic carbocycles. The number of carbonyl (C=O) groups excluding carboxylic acids is 1. The minimum Gasteiger partial charge on any atom is -0.381 e. The topological polar surface area (TPSA) is 79.0 Å². The van der Waals surface area contributed by atoms with E-state index in [2.05, 4.69) is 40.7 Å². The Morgan fingerprint density at radius 2 is 2.29 bits per heavy atom. The predicted molar refractivity (Wildman–Crippen MR) is 110 cm³/mol. The molecule has 6 nitrogen and oxygen atoms in total. The van der Waals surface area contributed by atoms with Crippen molar-refractivity contribution in [3.63, 3.8) is 0 Å². The van der Waals surface area contributed by atoms with Crippen LogP contribution in [0.3, 0.4) is 0 Å². The van der Waals surface area contributed by atoms with Crippen LogP contribution >= 0.6 is 0 Å². The zero-order valence-corrected chi connectivity index (χ0v) is 16.8. The van der Waals surface area contributed by atoms with E-state index in [1.165, 1.54) is 11.3 Å². The highest BCUT2D eigenvalue weighted by molar-refractivity contribution is 5.90. The number of carbonyl (C=O) groups is 1. The van der Waals surface area contributed by atoms with E-state index in [4.69, 9.17) is 4.74 Å². The molecule has 1 fully saturated rings.